The molecule has 0 bridgehead atoms. The summed E-state index contributed by atoms with van der Waals surface area (Å²) in [5.41, 5.74) is 1.22. The van der Waals surface area contributed by atoms with Gasteiger partial charge in [-0.3, -0.25) is 4.79 Å². The number of nitrogens with one attached hydrogen (secondary N) is 1. The first-order valence-corrected chi connectivity index (χ1v) is 7.47. The molecule has 0 aliphatic heterocycles. The Bertz CT molecular complexity index is 538. The Balaban J connectivity index is 2.91. The first kappa shape index (κ1) is 17.5. The molecule has 21 heavy (non-hydrogen) atoms. The van der Waals surface area contributed by atoms with Crippen LogP contribution in [-0.4, -0.2) is 34.1 Å². The van der Waals surface area contributed by atoms with E-state index in [-0.39, 0.29) is 19.0 Å². The normalized spacial score (nSPS) is 11.1. The van der Waals surface area contributed by atoms with E-state index in [2.05, 4.69) is 21.2 Å². The Morgan fingerprint density at radius 1 is 1.33 bits per heavy atom. The van der Waals surface area contributed by atoms with Crippen LogP contribution in [0.25, 0.3) is 0 Å². The van der Waals surface area contributed by atoms with Crippen LogP contribution in [0.15, 0.2) is 22.7 Å². The molecule has 0 saturated heterocycles. The van der Waals surface area contributed by atoms with Gasteiger partial charge in [-0.05, 0) is 55.3 Å². The van der Waals surface area contributed by atoms with Crippen molar-refractivity contribution >= 4 is 33.6 Å². The van der Waals surface area contributed by atoms with Crippen LogP contribution < -0.4 is 5.32 Å². The van der Waals surface area contributed by atoms with Crippen molar-refractivity contribution in [2.24, 2.45) is 0 Å². The second-order valence-corrected chi connectivity index (χ2v) is 6.63. The molecule has 0 heterocycles. The maximum Gasteiger partial charge on any atom is 0.322 e. The van der Waals surface area contributed by atoms with Crippen molar-refractivity contribution in [3.63, 3.8) is 0 Å². The van der Waals surface area contributed by atoms with E-state index in [0.717, 1.165) is 10.0 Å². The van der Waals surface area contributed by atoms with Crippen molar-refractivity contribution < 1.29 is 14.7 Å². The highest BCUT2D eigenvalue weighted by Gasteiger charge is 2.27. The Morgan fingerprint density at radius 3 is 2.48 bits per heavy atom. The van der Waals surface area contributed by atoms with Crippen LogP contribution in [0, 0.1) is 6.92 Å². The van der Waals surface area contributed by atoms with Crippen LogP contribution in [0.5, 0.6) is 0 Å². The van der Waals surface area contributed by atoms with Crippen LogP contribution in [0.1, 0.15) is 32.8 Å². The number of aliphatic carboxylic acids is 1. The summed E-state index contributed by atoms with van der Waals surface area (Å²) in [5.74, 6) is -0.922. The first-order valence-electron chi connectivity index (χ1n) is 6.68. The molecule has 0 spiro atoms. The zero-order valence-corrected chi connectivity index (χ0v) is 14.3. The SMILES string of the molecule is Cc1cccc(NC(=O)N(CCC(=O)O)C(C)(C)C)c1Br. The van der Waals surface area contributed by atoms with Crippen LogP contribution in [-0.2, 0) is 4.79 Å². The summed E-state index contributed by atoms with van der Waals surface area (Å²) in [6, 6.07) is 5.28. The van der Waals surface area contributed by atoms with E-state index in [1.165, 1.54) is 4.90 Å². The van der Waals surface area contributed by atoms with Gasteiger partial charge in [-0.2, -0.15) is 0 Å². The number of anilines is 1. The minimum Gasteiger partial charge on any atom is -0.481 e. The lowest BCUT2D eigenvalue weighted by Gasteiger charge is -2.35. The number of carboxylic acids is 1. The van der Waals surface area contributed by atoms with Gasteiger partial charge in [-0.1, -0.05) is 12.1 Å². The fourth-order valence-corrected chi connectivity index (χ4v) is 2.24. The molecule has 2 amide bonds. The van der Waals surface area contributed by atoms with Crippen LogP contribution in [0.4, 0.5) is 10.5 Å². The number of halogens is 1. The summed E-state index contributed by atoms with van der Waals surface area (Å²) >= 11 is 3.44. The predicted molar refractivity (Wildman–Crippen MR) is 86.6 cm³/mol. The molecule has 0 aromatic heterocycles. The lowest BCUT2D eigenvalue weighted by molar-refractivity contribution is -0.137. The highest BCUT2D eigenvalue weighted by atomic mass is 79.9. The number of carbonyl (C=O) groups excluding carboxylic acids is 1. The second-order valence-electron chi connectivity index (χ2n) is 5.83. The van der Waals surface area contributed by atoms with Crippen molar-refractivity contribution in [2.45, 2.75) is 39.7 Å². The van der Waals surface area contributed by atoms with Crippen LogP contribution >= 0.6 is 15.9 Å². The Labute approximate surface area is 133 Å². The molecule has 6 heteroatoms. The molecule has 1 rings (SSSR count). The third kappa shape index (κ3) is 5.04. The third-order valence-electron chi connectivity index (χ3n) is 3.04. The molecule has 1 aromatic carbocycles. The largest absolute Gasteiger partial charge is 0.481 e. The number of hydrogen-bond acceptors (Lipinski definition) is 2. The molecule has 1 aromatic rings. The van der Waals surface area contributed by atoms with Gasteiger partial charge in [0.25, 0.3) is 0 Å². The minimum atomic E-state index is -0.922. The Morgan fingerprint density at radius 2 is 1.95 bits per heavy atom. The average molecular weight is 357 g/mol. The number of amides is 2. The van der Waals surface area contributed by atoms with Gasteiger partial charge in [0.1, 0.15) is 0 Å². The zero-order chi connectivity index (χ0) is 16.2. The smallest absolute Gasteiger partial charge is 0.322 e. The molecule has 0 aliphatic carbocycles. The van der Waals surface area contributed by atoms with Crippen molar-refractivity contribution in [2.75, 3.05) is 11.9 Å². The van der Waals surface area contributed by atoms with Gasteiger partial charge in [0.2, 0.25) is 0 Å². The summed E-state index contributed by atoms with van der Waals surface area (Å²) in [6.45, 7) is 7.72. The van der Waals surface area contributed by atoms with Crippen LogP contribution in [0.3, 0.4) is 0 Å². The molecule has 2 N–H and O–H groups in total. The van der Waals surface area contributed by atoms with Crippen molar-refractivity contribution in [1.29, 1.82) is 0 Å². The van der Waals surface area contributed by atoms with Crippen molar-refractivity contribution in [3.05, 3.63) is 28.2 Å². The fraction of sp³-hybridized carbons (Fsp3) is 0.467. The van der Waals surface area contributed by atoms with Gasteiger partial charge < -0.3 is 15.3 Å². The van der Waals surface area contributed by atoms with Gasteiger partial charge in [0.05, 0.1) is 12.1 Å². The summed E-state index contributed by atoms with van der Waals surface area (Å²) in [5, 5.41) is 11.6. The standard InChI is InChI=1S/C15H21BrN2O3/c1-10-6-5-7-11(13(10)16)17-14(21)18(15(2,3)4)9-8-12(19)20/h5-7H,8-9H2,1-4H3,(H,17,21)(H,19,20). The predicted octanol–water partition coefficient (Wildman–Crippen LogP) is 3.86. The van der Waals surface area contributed by atoms with Crippen LogP contribution in [0.2, 0.25) is 0 Å². The highest BCUT2D eigenvalue weighted by Crippen LogP contribution is 2.26. The zero-order valence-electron chi connectivity index (χ0n) is 12.7. The number of benzene rings is 1. The van der Waals surface area contributed by atoms with E-state index in [4.69, 9.17) is 5.11 Å². The quantitative estimate of drug-likeness (QED) is 0.860. The van der Waals surface area contributed by atoms with E-state index >= 15 is 0 Å². The Kier molecular flexibility index (Phi) is 5.78. The molecule has 5 nitrogen and oxygen atoms in total. The van der Waals surface area contributed by atoms with Crippen molar-refractivity contribution in [1.82, 2.24) is 4.90 Å². The van der Waals surface area contributed by atoms with E-state index in [1.807, 2.05) is 39.8 Å². The molecule has 0 aliphatic rings. The van der Waals surface area contributed by atoms with E-state index < -0.39 is 11.5 Å². The highest BCUT2D eigenvalue weighted by molar-refractivity contribution is 9.10. The third-order valence-corrected chi connectivity index (χ3v) is 4.09. The molecule has 0 unspecified atom stereocenters. The van der Waals surface area contributed by atoms with Gasteiger partial charge in [-0.25, -0.2) is 4.79 Å². The lowest BCUT2D eigenvalue weighted by atomic mass is 10.1. The number of carboxylic acid groups (broad SMARTS) is 1. The number of urea groups is 1. The van der Waals surface area contributed by atoms with Gasteiger partial charge in [0, 0.05) is 16.6 Å². The molecule has 0 fully saturated rings. The number of aryl methyl sites for hydroxylation is 1. The number of carbonyl (C=O) groups is 2. The number of rotatable bonds is 4. The van der Waals surface area contributed by atoms with Gasteiger partial charge >= 0.3 is 12.0 Å². The molecular weight excluding hydrogens is 336 g/mol. The van der Waals surface area contributed by atoms with Gasteiger partial charge in [-0.15, -0.1) is 0 Å². The summed E-state index contributed by atoms with van der Waals surface area (Å²) in [7, 11) is 0. The summed E-state index contributed by atoms with van der Waals surface area (Å²) in [6.07, 6.45) is -0.0837. The number of hydrogen-bond donors (Lipinski definition) is 2. The first-order chi connectivity index (χ1) is 9.62. The molecule has 0 saturated carbocycles. The maximum absolute atomic E-state index is 12.4. The summed E-state index contributed by atoms with van der Waals surface area (Å²) in [4.78, 5) is 24.7. The average Bonchev–Trinajstić information content (AvgIpc) is 2.33. The van der Waals surface area contributed by atoms with E-state index in [0.29, 0.717) is 5.69 Å². The van der Waals surface area contributed by atoms with E-state index in [9.17, 15) is 9.59 Å². The fourth-order valence-electron chi connectivity index (χ4n) is 1.88. The molecule has 116 valence electrons. The molecule has 0 atom stereocenters. The lowest BCUT2D eigenvalue weighted by Crippen LogP contribution is -2.48. The van der Waals surface area contributed by atoms with E-state index in [1.54, 1.807) is 6.07 Å². The number of nitrogens with zero attached hydrogens (tertiary/aromatic N) is 1. The second kappa shape index (κ2) is 6.93. The minimum absolute atomic E-state index is 0.0837. The molecule has 0 radical (unpaired) electrons. The Hall–Kier alpha value is -1.56. The molecular formula is C15H21BrN2O3. The van der Waals surface area contributed by atoms with Crippen molar-refractivity contribution in [3.8, 4) is 0 Å². The maximum atomic E-state index is 12.4. The topological polar surface area (TPSA) is 69.6 Å². The monoisotopic (exact) mass is 356 g/mol. The van der Waals surface area contributed by atoms with Gasteiger partial charge in [0.15, 0.2) is 0 Å². The summed E-state index contributed by atoms with van der Waals surface area (Å²) < 4.78 is 0.824.